The number of unbranched alkanes of at least 4 members (excludes halogenated alkanes) is 1. The molecule has 4 rings (SSSR count). The second kappa shape index (κ2) is 33.4. The first kappa shape index (κ1) is 60.0. The van der Waals surface area contributed by atoms with Gasteiger partial charge in [-0.25, -0.2) is 9.48 Å². The molecule has 71 heavy (non-hydrogen) atoms. The van der Waals surface area contributed by atoms with E-state index in [4.69, 9.17) is 5.73 Å². The first-order valence-corrected chi connectivity index (χ1v) is 25.0. The number of aromatic nitrogens is 3. The molecule has 20 nitrogen and oxygen atoms in total. The number of carbonyl (C=O) groups excluding carboxylic acids is 5. The average Bonchev–Trinajstić information content (AvgIpc) is 3.77. The van der Waals surface area contributed by atoms with Gasteiger partial charge in [0.05, 0.1) is 11.9 Å². The summed E-state index contributed by atoms with van der Waals surface area (Å²) in [6.07, 6.45) is 5.46. The van der Waals surface area contributed by atoms with E-state index in [0.717, 1.165) is 76.5 Å². The van der Waals surface area contributed by atoms with Gasteiger partial charge < -0.3 is 53.4 Å². The largest absolute Gasteiger partial charge is 0.480 e. The number of carboxylic acids is 1. The van der Waals surface area contributed by atoms with E-state index in [1.807, 2.05) is 26.0 Å². The summed E-state index contributed by atoms with van der Waals surface area (Å²) in [6, 6.07) is 12.2. The maximum atomic E-state index is 14.2. The minimum absolute atomic E-state index is 0. The van der Waals surface area contributed by atoms with Crippen molar-refractivity contribution in [3.05, 3.63) is 83.7 Å². The number of hydrogen-bond donors (Lipinski definition) is 10. The Labute approximate surface area is 429 Å². The molecule has 397 valence electrons. The van der Waals surface area contributed by atoms with E-state index in [-0.39, 0.29) is 55.2 Å². The molecule has 2 aromatic carbocycles. The van der Waals surface area contributed by atoms with Gasteiger partial charge in [0.15, 0.2) is 0 Å². The van der Waals surface area contributed by atoms with Crippen molar-refractivity contribution in [1.29, 1.82) is 0 Å². The molecule has 0 spiro atoms. The third-order valence-electron chi connectivity index (χ3n) is 11.9. The molecule has 2 heterocycles. The smallest absolute Gasteiger partial charge is 0.326 e. The molecular formula is C50H79CuN13O7. The van der Waals surface area contributed by atoms with Crippen LogP contribution in [0.5, 0.6) is 0 Å². The fraction of sp³-hybridized carbons (Fsp3) is 0.600. The quantitative estimate of drug-likeness (QED) is 0.0408. The van der Waals surface area contributed by atoms with Gasteiger partial charge in [-0.15, -0.1) is 5.10 Å². The molecule has 3 aromatic rings. The number of hydrogen-bond acceptors (Lipinski definition) is 13. The summed E-state index contributed by atoms with van der Waals surface area (Å²) < 4.78 is 1.45. The fourth-order valence-electron chi connectivity index (χ4n) is 8.10. The van der Waals surface area contributed by atoms with Crippen molar-refractivity contribution in [3.8, 4) is 0 Å². The zero-order valence-corrected chi connectivity index (χ0v) is 42.8. The monoisotopic (exact) mass is 1040 g/mol. The second-order valence-corrected chi connectivity index (χ2v) is 18.8. The van der Waals surface area contributed by atoms with Crippen LogP contribution in [0.1, 0.15) is 83.0 Å². The van der Waals surface area contributed by atoms with Crippen LogP contribution in [0.25, 0.3) is 0 Å². The summed E-state index contributed by atoms with van der Waals surface area (Å²) >= 11 is 0. The molecule has 5 amide bonds. The van der Waals surface area contributed by atoms with Gasteiger partial charge >= 0.3 is 5.97 Å². The Morgan fingerprint density at radius 1 is 0.662 bits per heavy atom. The third-order valence-corrected chi connectivity index (χ3v) is 11.9. The van der Waals surface area contributed by atoms with E-state index >= 15 is 0 Å². The first-order valence-electron chi connectivity index (χ1n) is 25.0. The van der Waals surface area contributed by atoms with Crippen LogP contribution in [0.4, 0.5) is 0 Å². The summed E-state index contributed by atoms with van der Waals surface area (Å²) in [6.45, 7) is 15.3. The molecule has 0 saturated carbocycles. The molecule has 1 aromatic heterocycles. The van der Waals surface area contributed by atoms with Crippen LogP contribution < -0.4 is 48.3 Å². The molecule has 1 saturated heterocycles. The summed E-state index contributed by atoms with van der Waals surface area (Å²) in [4.78, 5) is 84.4. The van der Waals surface area contributed by atoms with Crippen molar-refractivity contribution in [3.63, 3.8) is 0 Å². The number of amides is 5. The Morgan fingerprint density at radius 3 is 1.83 bits per heavy atom. The van der Waals surface area contributed by atoms with Gasteiger partial charge in [-0.05, 0) is 94.2 Å². The number of nitrogens with one attached hydrogen (secondary N) is 8. The summed E-state index contributed by atoms with van der Waals surface area (Å²) in [5.41, 5.74) is 7.94. The number of rotatable bonds is 25. The van der Waals surface area contributed by atoms with Crippen LogP contribution >= 0.6 is 0 Å². The number of nitrogens with zero attached hydrogens (tertiary/aromatic N) is 4. The zero-order chi connectivity index (χ0) is 50.7. The number of carbonyl (C=O) groups is 6. The molecule has 1 aliphatic rings. The molecule has 0 bridgehead atoms. The second-order valence-electron chi connectivity index (χ2n) is 18.8. The maximum absolute atomic E-state index is 14.2. The summed E-state index contributed by atoms with van der Waals surface area (Å²) in [5.74, 6) is -4.78. The van der Waals surface area contributed by atoms with Gasteiger partial charge in [0.2, 0.25) is 29.5 Å². The normalized spacial score (nSPS) is 16.2. The van der Waals surface area contributed by atoms with Crippen LogP contribution in [0.3, 0.4) is 0 Å². The van der Waals surface area contributed by atoms with Gasteiger partial charge in [0, 0.05) is 62.6 Å². The topological polar surface area (TPSA) is 279 Å². The Hall–Kier alpha value is -5.28. The standard InChI is InChI=1S/C50H79N13O7.Cu/c1-35(2)29-41(48(67)59-45(36(3)4)49(68)57-42(30-37-15-7-5-8-16-37)47(66)58-43(50(69)70)31-38-17-9-6-10-18-38)56-46(65)40(19-11-12-20-51)55-44(64)34-63-33-39(60-61-63)32-62-27-14-23-53-25-24-52-21-13-22-54-26-28-62;/h5-10,15-18,33,35-36,40-43,45,52-54H,11-14,19-32,34,51H2,1-4H3,(H,55,64)(H,56,65)(H,57,68)(H,58,66)(H,59,67)(H,69,70);/t40-,41-,42-,43-,45-;/m0./s1. The van der Waals surface area contributed by atoms with E-state index < -0.39 is 71.6 Å². The Bertz CT molecular complexity index is 2030. The van der Waals surface area contributed by atoms with Gasteiger partial charge in [0.25, 0.3) is 0 Å². The number of aliphatic carboxylic acids is 1. The summed E-state index contributed by atoms with van der Waals surface area (Å²) in [5, 5.41) is 42.9. The average molecular weight is 1040 g/mol. The predicted octanol–water partition coefficient (Wildman–Crippen LogP) is 0.465. The van der Waals surface area contributed by atoms with E-state index in [1.165, 1.54) is 4.68 Å². The van der Waals surface area contributed by atoms with Crippen LogP contribution in [0.2, 0.25) is 0 Å². The maximum Gasteiger partial charge on any atom is 0.326 e. The Balaban J connectivity index is 0.0000133. The minimum atomic E-state index is -1.28. The first-order chi connectivity index (χ1) is 33.7. The SMILES string of the molecule is CC(C)C[C@H](NC(=O)[C@H](CCCCN)NC(=O)Cn1cc(CN2CCCNCCNCCCNCC2)nn1)C(=O)N[C@H](C(=O)N[C@@H](Cc1ccccc1)C(=O)N[C@@H](Cc1ccccc1)C(=O)O)C(C)C.[Cu]. The van der Waals surface area contributed by atoms with Crippen LogP contribution in [0, 0.1) is 11.8 Å². The Morgan fingerprint density at radius 2 is 1.23 bits per heavy atom. The van der Waals surface area contributed by atoms with E-state index in [1.54, 1.807) is 68.6 Å². The van der Waals surface area contributed by atoms with E-state index in [0.29, 0.717) is 31.5 Å². The van der Waals surface area contributed by atoms with Gasteiger partial charge in [-0.3, -0.25) is 28.9 Å². The minimum Gasteiger partial charge on any atom is -0.480 e. The third kappa shape index (κ3) is 23.2. The van der Waals surface area contributed by atoms with Crippen LogP contribution in [-0.2, 0) is 71.8 Å². The van der Waals surface area contributed by atoms with Crippen LogP contribution in [-0.4, -0.2) is 150 Å². The van der Waals surface area contributed by atoms with E-state index in [9.17, 15) is 33.9 Å². The van der Waals surface area contributed by atoms with Gasteiger partial charge in [-0.2, -0.15) is 0 Å². The number of benzene rings is 2. The Kier molecular flexibility index (Phi) is 28.2. The molecular weight excluding hydrogens is 958 g/mol. The molecule has 1 radical (unpaired) electrons. The molecule has 1 fully saturated rings. The van der Waals surface area contributed by atoms with Crippen molar-refractivity contribution >= 4 is 35.5 Å². The van der Waals surface area contributed by atoms with Crippen molar-refractivity contribution in [2.45, 2.75) is 122 Å². The fourth-order valence-corrected chi connectivity index (χ4v) is 8.10. The molecule has 1 aliphatic heterocycles. The molecule has 11 N–H and O–H groups in total. The van der Waals surface area contributed by atoms with Crippen molar-refractivity contribution < 1.29 is 50.9 Å². The van der Waals surface area contributed by atoms with Crippen molar-refractivity contribution in [1.82, 2.24) is 62.4 Å². The van der Waals surface area contributed by atoms with Crippen molar-refractivity contribution in [2.24, 2.45) is 17.6 Å². The van der Waals surface area contributed by atoms with Gasteiger partial charge in [-0.1, -0.05) is 93.6 Å². The number of carboxylic acid groups (broad SMARTS) is 1. The zero-order valence-electron chi connectivity index (χ0n) is 41.9. The van der Waals surface area contributed by atoms with Crippen molar-refractivity contribution in [2.75, 3.05) is 58.9 Å². The molecule has 0 unspecified atom stereocenters. The molecule has 21 heteroatoms. The summed E-state index contributed by atoms with van der Waals surface area (Å²) in [7, 11) is 0. The van der Waals surface area contributed by atoms with Gasteiger partial charge in [0.1, 0.15) is 36.8 Å². The van der Waals surface area contributed by atoms with Crippen LogP contribution in [0.15, 0.2) is 66.9 Å². The van der Waals surface area contributed by atoms with E-state index in [2.05, 4.69) is 57.7 Å². The molecule has 0 aliphatic carbocycles. The predicted molar refractivity (Wildman–Crippen MR) is 268 cm³/mol. The molecule has 5 atom stereocenters. The number of nitrogens with two attached hydrogens (primary N) is 1.